The number of esters is 2. The quantitative estimate of drug-likeness (QED) is 0.0715. The van der Waals surface area contributed by atoms with Gasteiger partial charge in [0.05, 0.1) is 64.6 Å². The molecule has 19 heteroatoms. The molecule has 3 amide bonds. The van der Waals surface area contributed by atoms with E-state index in [0.29, 0.717) is 99.5 Å². The lowest BCUT2D eigenvalue weighted by atomic mass is 9.89. The van der Waals surface area contributed by atoms with Gasteiger partial charge in [-0.2, -0.15) is 0 Å². The van der Waals surface area contributed by atoms with Gasteiger partial charge in [-0.05, 0) is 118 Å². The molecule has 4 atom stereocenters. The molecule has 0 radical (unpaired) electrons. The molecular formula is C51H81ClN4O14. The fraction of sp³-hybridized carbons (Fsp3) is 0.667. The third kappa shape index (κ3) is 18.0. The van der Waals surface area contributed by atoms with E-state index in [0.717, 1.165) is 13.0 Å². The van der Waals surface area contributed by atoms with Gasteiger partial charge in [0.2, 0.25) is 0 Å². The van der Waals surface area contributed by atoms with Crippen molar-refractivity contribution in [2.24, 2.45) is 11.8 Å². The van der Waals surface area contributed by atoms with Crippen LogP contribution in [-0.4, -0.2) is 169 Å². The molecule has 70 heavy (non-hydrogen) atoms. The van der Waals surface area contributed by atoms with Gasteiger partial charge in [-0.25, -0.2) is 4.79 Å². The molecule has 2 aliphatic heterocycles. The van der Waals surface area contributed by atoms with E-state index in [-0.39, 0.29) is 73.4 Å². The fourth-order valence-corrected chi connectivity index (χ4v) is 8.34. The molecule has 2 saturated heterocycles. The zero-order valence-corrected chi connectivity index (χ0v) is 44.6. The minimum Gasteiger partial charge on any atom is -0.493 e. The summed E-state index contributed by atoms with van der Waals surface area (Å²) in [6.45, 7) is 20.9. The number of nitrogens with one attached hydrogen (secondary N) is 1. The first kappa shape index (κ1) is 61.1. The molecule has 2 aromatic carbocycles. The number of ether oxygens (including phenoxy) is 9. The third-order valence-corrected chi connectivity index (χ3v) is 11.5. The summed E-state index contributed by atoms with van der Waals surface area (Å²) in [6, 6.07) is 8.94. The van der Waals surface area contributed by atoms with E-state index in [2.05, 4.69) is 5.32 Å². The molecule has 0 bridgehead atoms. The summed E-state index contributed by atoms with van der Waals surface area (Å²) in [5.41, 5.74) is 0.212. The second-order valence-corrected chi connectivity index (χ2v) is 18.3. The minimum absolute atomic E-state index is 0. The highest BCUT2D eigenvalue weighted by Gasteiger charge is 2.44. The summed E-state index contributed by atoms with van der Waals surface area (Å²) in [6.07, 6.45) is 1.92. The summed E-state index contributed by atoms with van der Waals surface area (Å²) in [4.78, 5) is 71.0. The van der Waals surface area contributed by atoms with Crippen LogP contribution < -0.4 is 24.3 Å². The van der Waals surface area contributed by atoms with Gasteiger partial charge in [0, 0.05) is 83.1 Å². The van der Waals surface area contributed by atoms with Crippen LogP contribution in [0.3, 0.4) is 0 Å². The zero-order chi connectivity index (χ0) is 51.3. The van der Waals surface area contributed by atoms with Crippen molar-refractivity contribution in [3.63, 3.8) is 0 Å². The van der Waals surface area contributed by atoms with Gasteiger partial charge in [-0.1, -0.05) is 0 Å². The SMILES string of the molecule is CCOC(=O)C1CCN(C(=O)OC(C)(C)C)CC1N(C(=O)c1ccc(OC)c(OCCCOC)c1)C(C)C.CCOC(=O)C1CCNCC1N(C(=O)c1ccc(OC)c(OCCCOC)c1)C(C)C.Cl. The highest BCUT2D eigenvalue weighted by Crippen LogP contribution is 2.33. The number of hydrogen-bond donors (Lipinski definition) is 1. The predicted molar refractivity (Wildman–Crippen MR) is 268 cm³/mol. The van der Waals surface area contributed by atoms with Crippen molar-refractivity contribution < 1.29 is 66.6 Å². The molecule has 0 spiro atoms. The summed E-state index contributed by atoms with van der Waals surface area (Å²) >= 11 is 0. The molecule has 0 aliphatic carbocycles. The smallest absolute Gasteiger partial charge is 0.410 e. The van der Waals surface area contributed by atoms with Gasteiger partial charge < -0.3 is 62.6 Å². The Bertz CT molecular complexity index is 1950. The van der Waals surface area contributed by atoms with Crippen molar-refractivity contribution in [2.45, 2.75) is 118 Å². The number of piperidine rings is 2. The van der Waals surface area contributed by atoms with Crippen LogP contribution in [0.1, 0.15) is 109 Å². The van der Waals surface area contributed by atoms with Crippen LogP contribution >= 0.6 is 12.4 Å². The van der Waals surface area contributed by atoms with Crippen LogP contribution in [0.15, 0.2) is 36.4 Å². The minimum atomic E-state index is -0.666. The number of hydrogen-bond acceptors (Lipinski definition) is 15. The van der Waals surface area contributed by atoms with E-state index < -0.39 is 23.7 Å². The van der Waals surface area contributed by atoms with Crippen LogP contribution in [0, 0.1) is 11.8 Å². The summed E-state index contributed by atoms with van der Waals surface area (Å²) in [7, 11) is 6.37. The molecule has 18 nitrogen and oxygen atoms in total. The molecule has 2 aromatic rings. The molecule has 0 saturated carbocycles. The molecule has 2 fully saturated rings. The maximum atomic E-state index is 14.0. The maximum Gasteiger partial charge on any atom is 0.410 e. The number of amides is 3. The van der Waals surface area contributed by atoms with Gasteiger partial charge in [0.1, 0.15) is 5.60 Å². The average Bonchev–Trinajstić information content (AvgIpc) is 3.31. The normalized spacial score (nSPS) is 17.8. The van der Waals surface area contributed by atoms with Gasteiger partial charge >= 0.3 is 18.0 Å². The van der Waals surface area contributed by atoms with Crippen molar-refractivity contribution >= 4 is 42.3 Å². The predicted octanol–water partition coefficient (Wildman–Crippen LogP) is 7.07. The maximum absolute atomic E-state index is 14.0. The molecular weight excluding hydrogens is 928 g/mol. The van der Waals surface area contributed by atoms with Crippen molar-refractivity contribution in [3.8, 4) is 23.0 Å². The van der Waals surface area contributed by atoms with E-state index in [1.165, 1.54) is 7.11 Å². The molecule has 396 valence electrons. The second-order valence-electron chi connectivity index (χ2n) is 18.3. The number of methoxy groups -OCH3 is 4. The van der Waals surface area contributed by atoms with Crippen LogP contribution in [0.5, 0.6) is 23.0 Å². The highest BCUT2D eigenvalue weighted by molar-refractivity contribution is 5.96. The first-order chi connectivity index (χ1) is 32.9. The van der Waals surface area contributed by atoms with Crippen molar-refractivity contribution in [1.82, 2.24) is 20.0 Å². The monoisotopic (exact) mass is 1010 g/mol. The molecule has 1 N–H and O–H groups in total. The zero-order valence-electron chi connectivity index (χ0n) is 43.8. The van der Waals surface area contributed by atoms with Crippen LogP contribution in [0.25, 0.3) is 0 Å². The number of halogens is 1. The van der Waals surface area contributed by atoms with E-state index >= 15 is 0 Å². The lowest BCUT2D eigenvalue weighted by Crippen LogP contribution is -2.59. The Hall–Kier alpha value is -5.04. The summed E-state index contributed by atoms with van der Waals surface area (Å²) in [5.74, 6) is 0.0368. The van der Waals surface area contributed by atoms with E-state index in [1.807, 2.05) is 27.7 Å². The van der Waals surface area contributed by atoms with E-state index in [1.54, 1.807) is 107 Å². The largest absolute Gasteiger partial charge is 0.493 e. The molecule has 4 rings (SSSR count). The fourth-order valence-electron chi connectivity index (χ4n) is 8.34. The number of rotatable bonds is 22. The van der Waals surface area contributed by atoms with Gasteiger partial charge in [-0.15, -0.1) is 12.4 Å². The first-order valence-electron chi connectivity index (χ1n) is 24.1. The van der Waals surface area contributed by atoms with Crippen molar-refractivity contribution in [2.75, 3.05) is 94.3 Å². The lowest BCUT2D eigenvalue weighted by Gasteiger charge is -2.44. The Morgan fingerprint density at radius 2 is 1.13 bits per heavy atom. The second kappa shape index (κ2) is 30.6. The summed E-state index contributed by atoms with van der Waals surface area (Å²) < 4.78 is 48.9. The summed E-state index contributed by atoms with van der Waals surface area (Å²) in [5, 5.41) is 3.31. The Morgan fingerprint density at radius 3 is 1.54 bits per heavy atom. The molecule has 2 aliphatic rings. The first-order valence-corrected chi connectivity index (χ1v) is 24.1. The standard InChI is InChI=1S/C28H44N2O8.C23H36N2O6.ClH/c1-9-36-26(32)21-13-14-29(27(33)38-28(4,5)6)18-22(21)30(19(2)3)25(31)20-11-12-23(35-8)24(17-20)37-16-10-15-34-7;1-6-30-23(27)18-10-11-24-15-19(18)25(16(2)3)22(26)17-8-9-20(29-5)21(14-17)31-13-7-12-28-4;/h11-12,17,19,21-22H,9-10,13-16,18H2,1-8H3;8-9,14,16,18-19,24H,6-7,10-13,15H2,1-5H3;1H. The number of likely N-dealkylation sites (tertiary alicyclic amines) is 1. The van der Waals surface area contributed by atoms with Crippen molar-refractivity contribution in [1.29, 1.82) is 0 Å². The Kier molecular flexibility index (Phi) is 26.7. The number of nitrogens with zero attached hydrogens (tertiary/aromatic N) is 3. The molecule has 0 aromatic heterocycles. The Balaban J connectivity index is 0.000000483. The Morgan fingerprint density at radius 1 is 0.671 bits per heavy atom. The third-order valence-electron chi connectivity index (χ3n) is 11.5. The van der Waals surface area contributed by atoms with Crippen LogP contribution in [-0.2, 0) is 33.3 Å². The Labute approximate surface area is 422 Å². The molecule has 2 heterocycles. The number of benzene rings is 2. The molecule has 4 unspecified atom stereocenters. The van der Waals surface area contributed by atoms with Crippen LogP contribution in [0.2, 0.25) is 0 Å². The number of carbonyl (C=O) groups excluding carboxylic acids is 5. The highest BCUT2D eigenvalue weighted by atomic mass is 35.5. The topological polar surface area (TPSA) is 190 Å². The average molecular weight is 1010 g/mol. The van der Waals surface area contributed by atoms with Crippen LogP contribution in [0.4, 0.5) is 4.79 Å². The van der Waals surface area contributed by atoms with Gasteiger partial charge in [0.15, 0.2) is 23.0 Å². The van der Waals surface area contributed by atoms with Gasteiger partial charge in [0.25, 0.3) is 11.8 Å². The van der Waals surface area contributed by atoms with Gasteiger partial charge in [-0.3, -0.25) is 19.2 Å². The number of carbonyl (C=O) groups is 5. The van der Waals surface area contributed by atoms with E-state index in [9.17, 15) is 24.0 Å². The van der Waals surface area contributed by atoms with E-state index in [4.69, 9.17) is 42.6 Å². The lowest BCUT2D eigenvalue weighted by molar-refractivity contribution is -0.153. The van der Waals surface area contributed by atoms with Crippen molar-refractivity contribution in [3.05, 3.63) is 47.5 Å².